The molecule has 1 aliphatic heterocycles. The van der Waals surface area contributed by atoms with Crippen LogP contribution >= 0.6 is 0 Å². The summed E-state index contributed by atoms with van der Waals surface area (Å²) in [5, 5.41) is 29.9. The molecule has 8 nitrogen and oxygen atoms in total. The van der Waals surface area contributed by atoms with Crippen LogP contribution in [0.1, 0.15) is 18.2 Å². The zero-order valence-corrected chi connectivity index (χ0v) is 16.6. The highest BCUT2D eigenvalue weighted by Gasteiger charge is 2.54. The van der Waals surface area contributed by atoms with E-state index in [9.17, 15) is 23.0 Å². The summed E-state index contributed by atoms with van der Waals surface area (Å²) in [5.41, 5.74) is -1.80. The Balaban J connectivity index is 1.93. The van der Waals surface area contributed by atoms with E-state index in [-0.39, 0.29) is 22.8 Å². The lowest BCUT2D eigenvalue weighted by Gasteiger charge is -2.31. The molecule has 2 heterocycles. The maximum atomic E-state index is 13.9. The van der Waals surface area contributed by atoms with E-state index in [4.69, 9.17) is 10.00 Å². The number of β-amino-alcohol motifs (C(OH)–C–C–N with tert-alkyl or cyclic N) is 1. The van der Waals surface area contributed by atoms with Gasteiger partial charge in [0.05, 0.1) is 23.9 Å². The second-order valence-electron chi connectivity index (χ2n) is 6.91. The lowest BCUT2D eigenvalue weighted by Crippen LogP contribution is -2.53. The molecule has 29 heavy (non-hydrogen) atoms. The minimum absolute atomic E-state index is 0.00220. The Bertz CT molecular complexity index is 1070. The van der Waals surface area contributed by atoms with Crippen molar-refractivity contribution in [2.45, 2.75) is 36.6 Å². The van der Waals surface area contributed by atoms with Gasteiger partial charge in [-0.1, -0.05) is 0 Å². The molecular weight excluding hydrogens is 401 g/mol. The SMILES string of the molecule is Cc1ncccc1S(=O)(=O)N1C[C@H](Oc2ccc(C#N)c(F)c2)[C@](O)(C(C)O)C1. The highest BCUT2D eigenvalue weighted by molar-refractivity contribution is 7.89. The fourth-order valence-corrected chi connectivity index (χ4v) is 4.88. The number of aliphatic hydroxyl groups is 2. The molecule has 1 saturated heterocycles. The Morgan fingerprint density at radius 2 is 2.17 bits per heavy atom. The molecule has 3 rings (SSSR count). The number of nitrogens with zero attached hydrogens (tertiary/aromatic N) is 3. The van der Waals surface area contributed by atoms with Gasteiger partial charge in [-0.25, -0.2) is 12.8 Å². The van der Waals surface area contributed by atoms with E-state index in [0.717, 1.165) is 10.4 Å². The average molecular weight is 421 g/mol. The fraction of sp³-hybridized carbons (Fsp3) is 0.368. The Kier molecular flexibility index (Phi) is 5.60. The highest BCUT2D eigenvalue weighted by atomic mass is 32.2. The first-order chi connectivity index (χ1) is 13.6. The van der Waals surface area contributed by atoms with Crippen LogP contribution in [0.3, 0.4) is 0 Å². The van der Waals surface area contributed by atoms with Crippen molar-refractivity contribution in [3.8, 4) is 11.8 Å². The number of aromatic nitrogens is 1. The number of halogens is 1. The van der Waals surface area contributed by atoms with E-state index < -0.39 is 40.2 Å². The quantitative estimate of drug-likeness (QED) is 0.737. The molecule has 2 N–H and O–H groups in total. The summed E-state index contributed by atoms with van der Waals surface area (Å²) >= 11 is 0. The van der Waals surface area contributed by atoms with Crippen molar-refractivity contribution >= 4 is 10.0 Å². The molecule has 1 aromatic carbocycles. The second-order valence-corrected chi connectivity index (χ2v) is 8.82. The van der Waals surface area contributed by atoms with Crippen molar-refractivity contribution in [3.63, 3.8) is 0 Å². The van der Waals surface area contributed by atoms with Gasteiger partial charge in [0.25, 0.3) is 0 Å². The van der Waals surface area contributed by atoms with Gasteiger partial charge in [0.15, 0.2) is 0 Å². The average Bonchev–Trinajstić information content (AvgIpc) is 3.01. The Labute approximate surface area is 167 Å². The number of ether oxygens (including phenoxy) is 1. The van der Waals surface area contributed by atoms with E-state index >= 15 is 0 Å². The molecule has 1 aliphatic rings. The smallest absolute Gasteiger partial charge is 0.245 e. The first kappa shape index (κ1) is 21.1. The summed E-state index contributed by atoms with van der Waals surface area (Å²) in [5.74, 6) is -0.804. The Hall–Kier alpha value is -2.58. The zero-order chi connectivity index (χ0) is 21.4. The van der Waals surface area contributed by atoms with Gasteiger partial charge in [0.2, 0.25) is 10.0 Å². The normalized spacial score (nSPS) is 23.5. The predicted octanol–water partition coefficient (Wildman–Crippen LogP) is 0.965. The largest absolute Gasteiger partial charge is 0.486 e. The minimum atomic E-state index is -4.02. The molecule has 1 aromatic heterocycles. The molecule has 0 spiro atoms. The van der Waals surface area contributed by atoms with E-state index in [1.807, 2.05) is 0 Å². The molecule has 154 valence electrons. The van der Waals surface area contributed by atoms with Gasteiger partial charge < -0.3 is 14.9 Å². The summed E-state index contributed by atoms with van der Waals surface area (Å²) in [6, 6.07) is 8.12. The number of aryl methyl sites for hydroxylation is 1. The Morgan fingerprint density at radius 3 is 2.76 bits per heavy atom. The first-order valence-corrected chi connectivity index (χ1v) is 10.2. The van der Waals surface area contributed by atoms with Crippen molar-refractivity contribution in [1.29, 1.82) is 5.26 Å². The monoisotopic (exact) mass is 421 g/mol. The van der Waals surface area contributed by atoms with Crippen molar-refractivity contribution < 1.29 is 27.8 Å². The molecule has 1 unspecified atom stereocenters. The van der Waals surface area contributed by atoms with Gasteiger partial charge >= 0.3 is 0 Å². The van der Waals surface area contributed by atoms with Crippen LogP contribution in [0.25, 0.3) is 0 Å². The van der Waals surface area contributed by atoms with Crippen LogP contribution < -0.4 is 4.74 Å². The van der Waals surface area contributed by atoms with Crippen LogP contribution in [0.5, 0.6) is 5.75 Å². The lowest BCUT2D eigenvalue weighted by atomic mass is 9.94. The summed E-state index contributed by atoms with van der Waals surface area (Å²) in [6.45, 7) is 2.20. The van der Waals surface area contributed by atoms with Crippen LogP contribution in [0, 0.1) is 24.1 Å². The number of pyridine rings is 1. The summed E-state index contributed by atoms with van der Waals surface area (Å²) in [4.78, 5) is 3.97. The van der Waals surface area contributed by atoms with Gasteiger partial charge in [-0.2, -0.15) is 9.57 Å². The third kappa shape index (κ3) is 3.82. The Morgan fingerprint density at radius 1 is 1.45 bits per heavy atom. The van der Waals surface area contributed by atoms with Gasteiger partial charge in [0.1, 0.15) is 34.2 Å². The number of benzene rings is 1. The molecule has 3 atom stereocenters. The predicted molar refractivity (Wildman–Crippen MR) is 99.9 cm³/mol. The van der Waals surface area contributed by atoms with Crippen molar-refractivity contribution in [2.75, 3.05) is 13.1 Å². The zero-order valence-electron chi connectivity index (χ0n) is 15.8. The molecule has 1 fully saturated rings. The van der Waals surface area contributed by atoms with Gasteiger partial charge in [0, 0.05) is 18.8 Å². The lowest BCUT2D eigenvalue weighted by molar-refractivity contribution is -0.104. The maximum absolute atomic E-state index is 13.9. The summed E-state index contributed by atoms with van der Waals surface area (Å²) in [7, 11) is -4.02. The van der Waals surface area contributed by atoms with E-state index in [2.05, 4.69) is 4.98 Å². The number of nitriles is 1. The van der Waals surface area contributed by atoms with Crippen LogP contribution in [-0.4, -0.2) is 58.8 Å². The molecule has 0 bridgehead atoms. The fourth-order valence-electron chi connectivity index (χ4n) is 3.22. The molecule has 0 aliphatic carbocycles. The van der Waals surface area contributed by atoms with Crippen LogP contribution in [0.2, 0.25) is 0 Å². The number of sulfonamides is 1. The topological polar surface area (TPSA) is 124 Å². The van der Waals surface area contributed by atoms with Crippen LogP contribution in [0.4, 0.5) is 4.39 Å². The summed E-state index contributed by atoms with van der Waals surface area (Å²) < 4.78 is 46.6. The maximum Gasteiger partial charge on any atom is 0.245 e. The third-order valence-corrected chi connectivity index (χ3v) is 6.94. The van der Waals surface area contributed by atoms with E-state index in [0.29, 0.717) is 5.69 Å². The van der Waals surface area contributed by atoms with Crippen LogP contribution in [-0.2, 0) is 10.0 Å². The summed E-state index contributed by atoms with van der Waals surface area (Å²) in [6.07, 6.45) is -1.02. The standard InChI is InChI=1S/C19H20FN3O5S/c1-12-17(4-3-7-22-12)29(26,27)23-10-18(19(25,11-23)13(2)24)28-15-6-5-14(9-21)16(20)8-15/h3-8,13,18,24-25H,10-11H2,1-2H3/t13?,18-,19+/m0/s1. The number of hydrogen-bond acceptors (Lipinski definition) is 7. The second kappa shape index (κ2) is 7.68. The van der Waals surface area contributed by atoms with Crippen molar-refractivity contribution in [1.82, 2.24) is 9.29 Å². The molecule has 0 radical (unpaired) electrons. The number of hydrogen-bond donors (Lipinski definition) is 2. The van der Waals surface area contributed by atoms with E-state index in [1.54, 1.807) is 13.0 Å². The molecule has 10 heteroatoms. The number of aliphatic hydroxyl groups excluding tert-OH is 1. The minimum Gasteiger partial charge on any atom is -0.486 e. The number of rotatable bonds is 5. The van der Waals surface area contributed by atoms with Crippen molar-refractivity contribution in [2.24, 2.45) is 0 Å². The van der Waals surface area contributed by atoms with Crippen LogP contribution in [0.15, 0.2) is 41.4 Å². The van der Waals surface area contributed by atoms with Gasteiger partial charge in [-0.05, 0) is 38.1 Å². The van der Waals surface area contributed by atoms with Gasteiger partial charge in [-0.15, -0.1) is 0 Å². The first-order valence-electron chi connectivity index (χ1n) is 8.78. The third-order valence-electron chi connectivity index (χ3n) is 5.00. The molecule has 0 saturated carbocycles. The molecular formula is C19H20FN3O5S. The molecule has 2 aromatic rings. The highest BCUT2D eigenvalue weighted by Crippen LogP contribution is 2.33. The van der Waals surface area contributed by atoms with Crippen molar-refractivity contribution in [3.05, 3.63) is 53.6 Å². The molecule has 0 amide bonds. The van der Waals surface area contributed by atoms with Gasteiger partial charge in [-0.3, -0.25) is 4.98 Å². The van der Waals surface area contributed by atoms with E-state index in [1.165, 1.54) is 37.4 Å².